The first-order chi connectivity index (χ1) is 14.1. The van der Waals surface area contributed by atoms with Crippen molar-refractivity contribution in [2.45, 2.75) is 38.0 Å². The Morgan fingerprint density at radius 3 is 2.66 bits per heavy atom. The number of H-pyrrole nitrogens is 1. The van der Waals surface area contributed by atoms with Crippen LogP contribution >= 0.6 is 0 Å². The second-order valence-corrected chi connectivity index (χ2v) is 7.73. The minimum atomic E-state index is -0.297. The lowest BCUT2D eigenvalue weighted by Gasteiger charge is -2.22. The fourth-order valence-electron chi connectivity index (χ4n) is 4.11. The molecule has 1 aromatic carbocycles. The summed E-state index contributed by atoms with van der Waals surface area (Å²) in [7, 11) is 1.61. The maximum Gasteiger partial charge on any atom is 0.273 e. The van der Waals surface area contributed by atoms with Crippen molar-refractivity contribution in [2.75, 3.05) is 20.2 Å². The third-order valence-corrected chi connectivity index (χ3v) is 5.79. The Morgan fingerprint density at radius 1 is 1.24 bits per heavy atom. The largest absolute Gasteiger partial charge is 0.395 e. The zero-order valence-electron chi connectivity index (χ0n) is 16.6. The molecule has 29 heavy (non-hydrogen) atoms. The van der Waals surface area contributed by atoms with Gasteiger partial charge in [0.05, 0.1) is 12.3 Å². The van der Waals surface area contributed by atoms with Crippen molar-refractivity contribution < 1.29 is 9.90 Å². The molecule has 2 heterocycles. The number of nitrogens with zero attached hydrogens (tertiary/aromatic N) is 3. The van der Waals surface area contributed by atoms with Gasteiger partial charge in [0, 0.05) is 31.4 Å². The lowest BCUT2D eigenvalue weighted by Crippen LogP contribution is -2.29. The van der Waals surface area contributed by atoms with Crippen molar-refractivity contribution in [1.82, 2.24) is 19.5 Å². The van der Waals surface area contributed by atoms with E-state index in [9.17, 15) is 9.59 Å². The molecule has 2 N–H and O–H groups in total. The van der Waals surface area contributed by atoms with Crippen molar-refractivity contribution >= 4 is 11.6 Å². The topological polar surface area (TPSA) is 90.7 Å². The van der Waals surface area contributed by atoms with E-state index in [1.165, 1.54) is 59.3 Å². The molecule has 7 heteroatoms. The molecule has 1 saturated carbocycles. The summed E-state index contributed by atoms with van der Waals surface area (Å²) in [6, 6.07) is 9.76. The van der Waals surface area contributed by atoms with Gasteiger partial charge in [-0.2, -0.15) is 0 Å². The molecular formula is C22H26N4O3. The third-order valence-electron chi connectivity index (χ3n) is 5.79. The monoisotopic (exact) mass is 394 g/mol. The zero-order chi connectivity index (χ0) is 20.4. The normalized spacial score (nSPS) is 15.0. The first kappa shape index (κ1) is 19.4. The molecule has 0 spiro atoms. The number of aliphatic hydroxyl groups excluding tert-OH is 1. The van der Waals surface area contributed by atoms with E-state index in [1.54, 1.807) is 7.05 Å². The number of hydrogen-bond acceptors (Lipinski definition) is 4. The average molecular weight is 394 g/mol. The van der Waals surface area contributed by atoms with Crippen LogP contribution < -0.4 is 5.56 Å². The molecule has 7 nitrogen and oxygen atoms in total. The summed E-state index contributed by atoms with van der Waals surface area (Å²) in [6.45, 7) is 0.0826. The molecule has 0 bridgehead atoms. The number of aromatic amines is 1. The van der Waals surface area contributed by atoms with Gasteiger partial charge >= 0.3 is 0 Å². The van der Waals surface area contributed by atoms with E-state index in [0.717, 1.165) is 5.56 Å². The summed E-state index contributed by atoms with van der Waals surface area (Å²) in [5.41, 5.74) is 3.06. The fourth-order valence-corrected chi connectivity index (χ4v) is 4.11. The molecule has 152 valence electrons. The Morgan fingerprint density at radius 2 is 1.97 bits per heavy atom. The van der Waals surface area contributed by atoms with Gasteiger partial charge in [-0.25, -0.2) is 9.50 Å². The van der Waals surface area contributed by atoms with E-state index in [0.29, 0.717) is 22.8 Å². The molecule has 0 radical (unpaired) electrons. The van der Waals surface area contributed by atoms with Crippen LogP contribution in [-0.2, 0) is 0 Å². The van der Waals surface area contributed by atoms with Crippen molar-refractivity contribution in [2.24, 2.45) is 0 Å². The second-order valence-electron chi connectivity index (χ2n) is 7.73. The number of amides is 1. The second kappa shape index (κ2) is 8.21. The maximum atomic E-state index is 12.6. The standard InChI is InChI=1S/C22H26N4O3/c1-25(11-12-27)22(29)18-14-23-26-20(28)13-19(24-21(18)26)17-9-7-16(8-10-17)15-5-3-2-4-6-15/h7-10,13-15,23,27H,2-6,11-12H2,1H3. The summed E-state index contributed by atoms with van der Waals surface area (Å²) in [6.07, 6.45) is 7.86. The summed E-state index contributed by atoms with van der Waals surface area (Å²) < 4.78 is 1.26. The summed E-state index contributed by atoms with van der Waals surface area (Å²) in [4.78, 5) is 31.2. The van der Waals surface area contributed by atoms with E-state index in [2.05, 4.69) is 22.2 Å². The average Bonchev–Trinajstić information content (AvgIpc) is 3.19. The highest BCUT2D eigenvalue weighted by atomic mass is 16.3. The molecular weight excluding hydrogens is 368 g/mol. The molecule has 0 saturated heterocycles. The van der Waals surface area contributed by atoms with Gasteiger partial charge in [-0.15, -0.1) is 0 Å². The molecule has 0 unspecified atom stereocenters. The molecule has 1 aliphatic carbocycles. The molecule has 0 aliphatic heterocycles. The minimum Gasteiger partial charge on any atom is -0.395 e. The highest BCUT2D eigenvalue weighted by Crippen LogP contribution is 2.33. The first-order valence-corrected chi connectivity index (χ1v) is 10.2. The van der Waals surface area contributed by atoms with Crippen LogP contribution in [0.15, 0.2) is 41.3 Å². The van der Waals surface area contributed by atoms with Gasteiger partial charge < -0.3 is 10.0 Å². The van der Waals surface area contributed by atoms with Gasteiger partial charge in [0.15, 0.2) is 5.65 Å². The number of carbonyl (C=O) groups is 1. The highest BCUT2D eigenvalue weighted by Gasteiger charge is 2.20. The highest BCUT2D eigenvalue weighted by molar-refractivity contribution is 5.99. The molecule has 1 fully saturated rings. The molecule has 4 rings (SSSR count). The van der Waals surface area contributed by atoms with E-state index < -0.39 is 0 Å². The predicted molar refractivity (Wildman–Crippen MR) is 111 cm³/mol. The zero-order valence-corrected chi connectivity index (χ0v) is 16.6. The molecule has 1 amide bonds. The quantitative estimate of drug-likeness (QED) is 0.696. The summed E-state index contributed by atoms with van der Waals surface area (Å²) in [5, 5.41) is 11.9. The smallest absolute Gasteiger partial charge is 0.273 e. The van der Waals surface area contributed by atoms with Gasteiger partial charge in [-0.3, -0.25) is 14.7 Å². The number of carbonyl (C=O) groups excluding carboxylic acids is 1. The number of rotatable bonds is 5. The summed E-state index contributed by atoms with van der Waals surface area (Å²) >= 11 is 0. The van der Waals surface area contributed by atoms with Crippen LogP contribution in [0.1, 0.15) is 53.9 Å². The SMILES string of the molecule is CN(CCO)C(=O)c1c[nH]n2c(=O)cc(-c3ccc(C4CCCCC4)cc3)nc12. The van der Waals surface area contributed by atoms with Crippen LogP contribution in [0.4, 0.5) is 0 Å². The number of benzene rings is 1. The van der Waals surface area contributed by atoms with Crippen LogP contribution in [-0.4, -0.2) is 50.7 Å². The minimum absolute atomic E-state index is 0.128. The summed E-state index contributed by atoms with van der Waals surface area (Å²) in [5.74, 6) is 0.323. The molecule has 2 aromatic heterocycles. The lowest BCUT2D eigenvalue weighted by molar-refractivity contribution is 0.0768. The maximum absolute atomic E-state index is 12.6. The van der Waals surface area contributed by atoms with Crippen molar-refractivity contribution in [3.05, 3.63) is 58.0 Å². The van der Waals surface area contributed by atoms with Crippen LogP contribution in [0, 0.1) is 0 Å². The van der Waals surface area contributed by atoms with Crippen molar-refractivity contribution in [1.29, 1.82) is 0 Å². The van der Waals surface area contributed by atoms with Crippen LogP contribution in [0.25, 0.3) is 16.9 Å². The van der Waals surface area contributed by atoms with Crippen LogP contribution in [0.5, 0.6) is 0 Å². The Bertz CT molecular complexity index is 1060. The van der Waals surface area contributed by atoms with Crippen LogP contribution in [0.2, 0.25) is 0 Å². The van der Waals surface area contributed by atoms with E-state index in [4.69, 9.17) is 5.11 Å². The lowest BCUT2D eigenvalue weighted by atomic mass is 9.84. The van der Waals surface area contributed by atoms with E-state index >= 15 is 0 Å². The van der Waals surface area contributed by atoms with Crippen molar-refractivity contribution in [3.8, 4) is 11.3 Å². The number of fused-ring (bicyclic) bond motifs is 1. The third kappa shape index (κ3) is 3.82. The molecule has 3 aromatic rings. The number of nitrogens with one attached hydrogen (secondary N) is 1. The van der Waals surface area contributed by atoms with E-state index in [-0.39, 0.29) is 24.6 Å². The Kier molecular flexibility index (Phi) is 5.49. The van der Waals surface area contributed by atoms with Crippen molar-refractivity contribution in [3.63, 3.8) is 0 Å². The number of hydrogen-bond donors (Lipinski definition) is 2. The van der Waals surface area contributed by atoms with Gasteiger partial charge in [-0.1, -0.05) is 43.5 Å². The van der Waals surface area contributed by atoms with Crippen LogP contribution in [0.3, 0.4) is 0 Å². The fraction of sp³-hybridized carbons (Fsp3) is 0.409. The van der Waals surface area contributed by atoms with Gasteiger partial charge in [0.2, 0.25) is 0 Å². The Labute approximate surface area is 169 Å². The van der Waals surface area contributed by atoms with Gasteiger partial charge in [0.25, 0.3) is 11.5 Å². The molecule has 0 atom stereocenters. The van der Waals surface area contributed by atoms with Gasteiger partial charge in [-0.05, 0) is 24.3 Å². The molecule has 1 aliphatic rings. The Balaban J connectivity index is 1.68. The predicted octanol–water partition coefficient (Wildman–Crippen LogP) is 2.80. The number of aromatic nitrogens is 3. The number of aliphatic hydroxyl groups is 1. The number of likely N-dealkylation sites (N-methyl/N-ethyl adjacent to an activating group) is 1. The first-order valence-electron chi connectivity index (χ1n) is 10.2. The van der Waals surface area contributed by atoms with E-state index in [1.807, 2.05) is 12.1 Å². The Hall–Kier alpha value is -2.93. The van der Waals surface area contributed by atoms with Gasteiger partial charge in [0.1, 0.15) is 5.56 Å².